The number of hydrogen-bond acceptors (Lipinski definition) is 5. The lowest BCUT2D eigenvalue weighted by molar-refractivity contribution is -0.141. The van der Waals surface area contributed by atoms with Crippen LogP contribution in [0.2, 0.25) is 0 Å². The van der Waals surface area contributed by atoms with Gasteiger partial charge in [0.25, 0.3) is 0 Å². The fraction of sp³-hybridized carbons (Fsp3) is 0.444. The Bertz CT molecular complexity index is 1030. The second kappa shape index (κ2) is 11.4. The van der Waals surface area contributed by atoms with Gasteiger partial charge in [-0.05, 0) is 47.9 Å². The van der Waals surface area contributed by atoms with Crippen molar-refractivity contribution >= 4 is 18.0 Å². The molecule has 8 nitrogen and oxygen atoms in total. The van der Waals surface area contributed by atoms with E-state index in [9.17, 15) is 14.4 Å². The van der Waals surface area contributed by atoms with Crippen LogP contribution >= 0.6 is 0 Å². The highest BCUT2D eigenvalue weighted by Crippen LogP contribution is 2.44. The molecule has 0 saturated carbocycles. The van der Waals surface area contributed by atoms with Gasteiger partial charge in [0.15, 0.2) is 0 Å². The number of carboxylic acid groups (broad SMARTS) is 1. The largest absolute Gasteiger partial charge is 0.481 e. The Labute approximate surface area is 205 Å². The number of benzene rings is 2. The van der Waals surface area contributed by atoms with Crippen LogP contribution < -0.4 is 10.6 Å². The highest BCUT2D eigenvalue weighted by Gasteiger charge is 2.32. The zero-order valence-electron chi connectivity index (χ0n) is 19.9. The average Bonchev–Trinajstić information content (AvgIpc) is 3.47. The summed E-state index contributed by atoms with van der Waals surface area (Å²) in [6, 6.07) is 16.4. The maximum atomic E-state index is 12.4. The minimum Gasteiger partial charge on any atom is -0.481 e. The topological polar surface area (TPSA) is 114 Å². The molecule has 3 atom stereocenters. The summed E-state index contributed by atoms with van der Waals surface area (Å²) in [5.74, 6) is -1.45. The maximum absolute atomic E-state index is 12.4. The molecule has 35 heavy (non-hydrogen) atoms. The summed E-state index contributed by atoms with van der Waals surface area (Å²) in [4.78, 5) is 35.5. The fourth-order valence-corrected chi connectivity index (χ4v) is 4.75. The van der Waals surface area contributed by atoms with E-state index in [4.69, 9.17) is 14.6 Å². The second-order valence-corrected chi connectivity index (χ2v) is 9.20. The van der Waals surface area contributed by atoms with Crippen molar-refractivity contribution < 1.29 is 29.0 Å². The van der Waals surface area contributed by atoms with E-state index in [1.54, 1.807) is 6.92 Å². The zero-order valence-corrected chi connectivity index (χ0v) is 19.9. The van der Waals surface area contributed by atoms with Gasteiger partial charge in [0.05, 0.1) is 12.0 Å². The van der Waals surface area contributed by atoms with E-state index in [0.717, 1.165) is 11.1 Å². The van der Waals surface area contributed by atoms with Crippen LogP contribution in [0.5, 0.6) is 0 Å². The molecule has 1 saturated heterocycles. The first kappa shape index (κ1) is 24.7. The smallest absolute Gasteiger partial charge is 0.407 e. The second-order valence-electron chi connectivity index (χ2n) is 9.20. The fourth-order valence-electron chi connectivity index (χ4n) is 4.75. The van der Waals surface area contributed by atoms with Gasteiger partial charge >= 0.3 is 12.1 Å². The van der Waals surface area contributed by atoms with Crippen molar-refractivity contribution in [1.82, 2.24) is 10.6 Å². The molecule has 186 valence electrons. The number of fused-ring (bicyclic) bond motifs is 3. The lowest BCUT2D eigenvalue weighted by Gasteiger charge is -2.16. The Hall–Kier alpha value is -3.39. The molecule has 0 bridgehead atoms. The van der Waals surface area contributed by atoms with Crippen molar-refractivity contribution in [3.8, 4) is 11.1 Å². The van der Waals surface area contributed by atoms with E-state index >= 15 is 0 Å². The lowest BCUT2D eigenvalue weighted by Crippen LogP contribution is -2.37. The maximum Gasteiger partial charge on any atom is 0.407 e. The molecule has 0 spiro atoms. The van der Waals surface area contributed by atoms with Gasteiger partial charge in [0, 0.05) is 19.0 Å². The van der Waals surface area contributed by atoms with Gasteiger partial charge in [-0.15, -0.1) is 0 Å². The first-order valence-electron chi connectivity index (χ1n) is 12.2. The molecule has 3 unspecified atom stereocenters. The Morgan fingerprint density at radius 2 is 1.69 bits per heavy atom. The SMILES string of the molecule is CC(CCCNC(=O)C1CCC(CNC(=O)OCC2c3ccccc3-c3ccccc32)O1)C(=O)O. The average molecular weight is 481 g/mol. The number of alkyl carbamates (subject to hydrolysis) is 1. The third-order valence-corrected chi connectivity index (χ3v) is 6.75. The first-order valence-corrected chi connectivity index (χ1v) is 12.2. The number of carbonyl (C=O) groups is 3. The molecule has 1 heterocycles. The standard InChI is InChI=1S/C27H32N2O6/c1-17(26(31)32)7-6-14-28-25(30)24-13-12-18(35-24)15-29-27(33)34-16-23-21-10-4-2-8-19(21)20-9-3-5-11-22(20)23/h2-5,8-11,17-18,23-24H,6-7,12-16H2,1H3,(H,28,30)(H,29,33)(H,31,32). The predicted molar refractivity (Wildman–Crippen MR) is 130 cm³/mol. The van der Waals surface area contributed by atoms with Crippen LogP contribution in [-0.4, -0.2) is 55.0 Å². The van der Waals surface area contributed by atoms with Crippen molar-refractivity contribution in [1.29, 1.82) is 0 Å². The van der Waals surface area contributed by atoms with E-state index in [2.05, 4.69) is 34.9 Å². The summed E-state index contributed by atoms with van der Waals surface area (Å²) >= 11 is 0. The number of nitrogens with one attached hydrogen (secondary N) is 2. The van der Waals surface area contributed by atoms with Gasteiger partial charge in [-0.25, -0.2) is 4.79 Å². The number of ether oxygens (including phenoxy) is 2. The first-order chi connectivity index (χ1) is 16.9. The summed E-state index contributed by atoms with van der Waals surface area (Å²) in [5.41, 5.74) is 4.67. The highest BCUT2D eigenvalue weighted by molar-refractivity contribution is 5.81. The van der Waals surface area contributed by atoms with Crippen molar-refractivity contribution in [3.63, 3.8) is 0 Å². The number of rotatable bonds is 10. The van der Waals surface area contributed by atoms with E-state index in [-0.39, 0.29) is 31.1 Å². The number of carbonyl (C=O) groups excluding carboxylic acids is 2. The normalized spacial score (nSPS) is 19.5. The minimum absolute atomic E-state index is 0.00226. The molecule has 0 radical (unpaired) electrons. The zero-order chi connectivity index (χ0) is 24.8. The van der Waals surface area contributed by atoms with Crippen LogP contribution in [0.25, 0.3) is 11.1 Å². The number of aliphatic carboxylic acids is 1. The van der Waals surface area contributed by atoms with Gasteiger partial charge in [0.2, 0.25) is 5.91 Å². The van der Waals surface area contributed by atoms with E-state index in [1.807, 2.05) is 24.3 Å². The Morgan fingerprint density at radius 3 is 2.34 bits per heavy atom. The summed E-state index contributed by atoms with van der Waals surface area (Å²) in [7, 11) is 0. The van der Waals surface area contributed by atoms with Gasteiger partial charge in [-0.1, -0.05) is 55.5 Å². The van der Waals surface area contributed by atoms with Crippen molar-refractivity contribution in [2.24, 2.45) is 5.92 Å². The molecule has 1 fully saturated rings. The van der Waals surface area contributed by atoms with Crippen molar-refractivity contribution in [3.05, 3.63) is 59.7 Å². The summed E-state index contributed by atoms with van der Waals surface area (Å²) < 4.78 is 11.3. The van der Waals surface area contributed by atoms with Crippen LogP contribution in [0.3, 0.4) is 0 Å². The molecule has 2 aromatic rings. The summed E-state index contributed by atoms with van der Waals surface area (Å²) in [6.07, 6.45) is 1.04. The van der Waals surface area contributed by atoms with Gasteiger partial charge in [-0.3, -0.25) is 9.59 Å². The Kier molecular flexibility index (Phi) is 8.02. The molecule has 2 aliphatic rings. The molecule has 0 aromatic heterocycles. The lowest BCUT2D eigenvalue weighted by atomic mass is 9.98. The van der Waals surface area contributed by atoms with Crippen LogP contribution in [-0.2, 0) is 19.1 Å². The van der Waals surface area contributed by atoms with Gasteiger partial charge in [-0.2, -0.15) is 0 Å². The molecule has 8 heteroatoms. The number of amides is 2. The minimum atomic E-state index is -0.831. The van der Waals surface area contributed by atoms with Crippen LogP contribution in [0.15, 0.2) is 48.5 Å². The Morgan fingerprint density at radius 1 is 1.03 bits per heavy atom. The summed E-state index contributed by atoms with van der Waals surface area (Å²) in [6.45, 7) is 2.59. The quantitative estimate of drug-likeness (QED) is 0.447. The van der Waals surface area contributed by atoms with E-state index in [0.29, 0.717) is 32.2 Å². The summed E-state index contributed by atoms with van der Waals surface area (Å²) in [5, 5.41) is 14.5. The molecule has 1 aliphatic carbocycles. The van der Waals surface area contributed by atoms with Gasteiger partial charge < -0.3 is 25.2 Å². The molecule has 1 aliphatic heterocycles. The van der Waals surface area contributed by atoms with Crippen LogP contribution in [0.4, 0.5) is 4.79 Å². The Balaban J connectivity index is 1.17. The highest BCUT2D eigenvalue weighted by atomic mass is 16.5. The van der Waals surface area contributed by atoms with E-state index < -0.39 is 24.1 Å². The predicted octanol–water partition coefficient (Wildman–Crippen LogP) is 3.69. The number of hydrogen-bond donors (Lipinski definition) is 3. The van der Waals surface area contributed by atoms with Crippen LogP contribution in [0.1, 0.15) is 49.7 Å². The van der Waals surface area contributed by atoms with E-state index in [1.165, 1.54) is 11.1 Å². The van der Waals surface area contributed by atoms with Crippen LogP contribution in [0, 0.1) is 5.92 Å². The monoisotopic (exact) mass is 480 g/mol. The number of carboxylic acids is 1. The molecule has 2 aromatic carbocycles. The molecule has 4 rings (SSSR count). The molecular weight excluding hydrogens is 448 g/mol. The molecule has 2 amide bonds. The molecular formula is C27H32N2O6. The van der Waals surface area contributed by atoms with Gasteiger partial charge in [0.1, 0.15) is 12.7 Å². The van der Waals surface area contributed by atoms with Crippen molar-refractivity contribution in [2.45, 2.75) is 50.7 Å². The molecule has 3 N–H and O–H groups in total. The third-order valence-electron chi connectivity index (χ3n) is 6.75. The van der Waals surface area contributed by atoms with Crippen molar-refractivity contribution in [2.75, 3.05) is 19.7 Å². The third kappa shape index (κ3) is 6.00.